The minimum absolute atomic E-state index is 0.114. The molecule has 0 aromatic carbocycles. The van der Waals surface area contributed by atoms with Gasteiger partial charge in [0, 0.05) is 24.4 Å². The minimum Gasteiger partial charge on any atom is -0.376 e. The van der Waals surface area contributed by atoms with E-state index in [0.29, 0.717) is 17.9 Å². The van der Waals surface area contributed by atoms with Crippen LogP contribution in [0.3, 0.4) is 0 Å². The molecule has 20 heavy (non-hydrogen) atoms. The molecule has 110 valence electrons. The van der Waals surface area contributed by atoms with E-state index in [-0.39, 0.29) is 12.0 Å². The number of carbonyl (C=O) groups excluding carboxylic acids is 1. The summed E-state index contributed by atoms with van der Waals surface area (Å²) in [5.41, 5.74) is 3.95. The summed E-state index contributed by atoms with van der Waals surface area (Å²) < 4.78 is 5.49. The first-order valence-corrected chi connectivity index (χ1v) is 7.10. The predicted octanol–water partition coefficient (Wildman–Crippen LogP) is 1.23. The maximum atomic E-state index is 12.2. The second-order valence-electron chi connectivity index (χ2n) is 4.97. The molecule has 1 fully saturated rings. The van der Waals surface area contributed by atoms with E-state index in [4.69, 9.17) is 10.6 Å². The maximum Gasteiger partial charge on any atom is 0.251 e. The Labute approximate surface area is 119 Å². The summed E-state index contributed by atoms with van der Waals surface area (Å²) in [6, 6.07) is 3.47. The van der Waals surface area contributed by atoms with Crippen LogP contribution in [0, 0.1) is 0 Å². The zero-order chi connectivity index (χ0) is 14.4. The molecular formula is C14H22N4O2. The lowest BCUT2D eigenvalue weighted by atomic mass is 10.1. The van der Waals surface area contributed by atoms with Crippen molar-refractivity contribution in [1.82, 2.24) is 10.3 Å². The lowest BCUT2D eigenvalue weighted by Crippen LogP contribution is -2.32. The van der Waals surface area contributed by atoms with E-state index in [2.05, 4.69) is 22.7 Å². The van der Waals surface area contributed by atoms with Crippen molar-refractivity contribution in [2.24, 2.45) is 5.84 Å². The minimum atomic E-state index is -0.114. The normalized spacial score (nSPS) is 18.0. The summed E-state index contributed by atoms with van der Waals surface area (Å²) in [6.07, 6.45) is 4.01. The second-order valence-corrected chi connectivity index (χ2v) is 4.97. The third kappa shape index (κ3) is 3.91. The molecule has 1 unspecified atom stereocenters. The van der Waals surface area contributed by atoms with Crippen LogP contribution in [0.4, 0.5) is 5.82 Å². The quantitative estimate of drug-likeness (QED) is 0.538. The molecule has 2 heterocycles. The molecule has 6 heteroatoms. The highest BCUT2D eigenvalue weighted by Gasteiger charge is 2.17. The van der Waals surface area contributed by atoms with Crippen LogP contribution in [0.1, 0.15) is 42.2 Å². The van der Waals surface area contributed by atoms with Gasteiger partial charge in [-0.15, -0.1) is 0 Å². The van der Waals surface area contributed by atoms with E-state index < -0.39 is 0 Å². The topological polar surface area (TPSA) is 89.3 Å². The van der Waals surface area contributed by atoms with Gasteiger partial charge >= 0.3 is 0 Å². The highest BCUT2D eigenvalue weighted by molar-refractivity contribution is 5.95. The van der Waals surface area contributed by atoms with Gasteiger partial charge in [0.05, 0.1) is 6.10 Å². The first-order valence-electron chi connectivity index (χ1n) is 7.10. The Balaban J connectivity index is 2.01. The lowest BCUT2D eigenvalue weighted by molar-refractivity contribution is 0.0857. The first-order chi connectivity index (χ1) is 9.72. The molecular weight excluding hydrogens is 256 g/mol. The van der Waals surface area contributed by atoms with Gasteiger partial charge < -0.3 is 15.5 Å². The molecule has 1 aliphatic rings. The average molecular weight is 278 g/mol. The van der Waals surface area contributed by atoms with Gasteiger partial charge in [-0.05, 0) is 31.4 Å². The zero-order valence-electron chi connectivity index (χ0n) is 11.8. The number of nitrogens with two attached hydrogens (primary N) is 1. The van der Waals surface area contributed by atoms with Crippen molar-refractivity contribution in [3.63, 3.8) is 0 Å². The Morgan fingerprint density at radius 1 is 1.55 bits per heavy atom. The van der Waals surface area contributed by atoms with Gasteiger partial charge in [0.1, 0.15) is 5.82 Å². The molecule has 1 saturated heterocycles. The summed E-state index contributed by atoms with van der Waals surface area (Å²) in [7, 11) is 0. The van der Waals surface area contributed by atoms with Gasteiger partial charge in [-0.1, -0.05) is 13.3 Å². The van der Waals surface area contributed by atoms with E-state index in [9.17, 15) is 4.79 Å². The van der Waals surface area contributed by atoms with Crippen LogP contribution in [0.5, 0.6) is 0 Å². The SMILES string of the molecule is CCCc1cc(C(=O)NCC2CCCO2)cc(NN)n1. The third-order valence-corrected chi connectivity index (χ3v) is 3.31. The molecule has 0 aliphatic carbocycles. The average Bonchev–Trinajstić information content (AvgIpc) is 2.98. The number of ether oxygens (including phenoxy) is 1. The molecule has 1 aliphatic heterocycles. The number of pyridine rings is 1. The van der Waals surface area contributed by atoms with Gasteiger partial charge in [0.2, 0.25) is 0 Å². The Hall–Kier alpha value is -1.66. The number of nitrogens with one attached hydrogen (secondary N) is 2. The third-order valence-electron chi connectivity index (χ3n) is 3.31. The highest BCUT2D eigenvalue weighted by atomic mass is 16.5. The van der Waals surface area contributed by atoms with E-state index >= 15 is 0 Å². The highest BCUT2D eigenvalue weighted by Crippen LogP contribution is 2.13. The summed E-state index contributed by atoms with van der Waals surface area (Å²) in [5, 5.41) is 2.90. The molecule has 1 aromatic heterocycles. The number of amides is 1. The van der Waals surface area contributed by atoms with Crippen LogP contribution >= 0.6 is 0 Å². The standard InChI is InChI=1S/C14H22N4O2/c1-2-4-11-7-10(8-13(17-11)18-15)14(19)16-9-12-5-3-6-20-12/h7-8,12H,2-6,9,15H2,1H3,(H,16,19)(H,17,18). The Kier molecular flexibility index (Phi) is 5.31. The fraction of sp³-hybridized carbons (Fsp3) is 0.571. The van der Waals surface area contributed by atoms with Gasteiger partial charge in [0.25, 0.3) is 5.91 Å². The first kappa shape index (κ1) is 14.7. The number of hydrogen-bond acceptors (Lipinski definition) is 5. The molecule has 0 bridgehead atoms. The molecule has 4 N–H and O–H groups in total. The van der Waals surface area contributed by atoms with Crippen LogP contribution in [-0.4, -0.2) is 30.1 Å². The van der Waals surface area contributed by atoms with Crippen molar-refractivity contribution in [1.29, 1.82) is 0 Å². The summed E-state index contributed by atoms with van der Waals surface area (Å²) in [4.78, 5) is 16.5. The van der Waals surface area contributed by atoms with Crippen molar-refractivity contribution >= 4 is 11.7 Å². The molecule has 0 spiro atoms. The van der Waals surface area contributed by atoms with E-state index in [0.717, 1.165) is 38.0 Å². The molecule has 1 aromatic rings. The number of aromatic nitrogens is 1. The van der Waals surface area contributed by atoms with Crippen LogP contribution in [0.2, 0.25) is 0 Å². The summed E-state index contributed by atoms with van der Waals surface area (Å²) >= 11 is 0. The Bertz CT molecular complexity index is 458. The predicted molar refractivity (Wildman–Crippen MR) is 77.3 cm³/mol. The van der Waals surface area contributed by atoms with Gasteiger partial charge in [-0.2, -0.15) is 0 Å². The van der Waals surface area contributed by atoms with Crippen molar-refractivity contribution in [3.05, 3.63) is 23.4 Å². The number of hydrazine groups is 1. The summed E-state index contributed by atoms with van der Waals surface area (Å²) in [5.74, 6) is 5.79. The lowest BCUT2D eigenvalue weighted by Gasteiger charge is -2.12. The van der Waals surface area contributed by atoms with Crippen molar-refractivity contribution in [3.8, 4) is 0 Å². The van der Waals surface area contributed by atoms with Crippen LogP contribution < -0.4 is 16.6 Å². The van der Waals surface area contributed by atoms with E-state index in [1.807, 2.05) is 6.07 Å². The van der Waals surface area contributed by atoms with Crippen molar-refractivity contribution in [2.45, 2.75) is 38.7 Å². The molecule has 0 radical (unpaired) electrons. The fourth-order valence-electron chi connectivity index (χ4n) is 2.29. The number of carbonyl (C=O) groups is 1. The van der Waals surface area contributed by atoms with Crippen molar-refractivity contribution in [2.75, 3.05) is 18.6 Å². The number of rotatable bonds is 6. The van der Waals surface area contributed by atoms with Crippen LogP contribution in [-0.2, 0) is 11.2 Å². The number of aryl methyl sites for hydroxylation is 1. The fourth-order valence-corrected chi connectivity index (χ4v) is 2.29. The Morgan fingerprint density at radius 2 is 2.40 bits per heavy atom. The van der Waals surface area contributed by atoms with Crippen molar-refractivity contribution < 1.29 is 9.53 Å². The molecule has 2 rings (SSSR count). The van der Waals surface area contributed by atoms with E-state index in [1.165, 1.54) is 0 Å². The largest absolute Gasteiger partial charge is 0.376 e. The monoisotopic (exact) mass is 278 g/mol. The molecule has 0 saturated carbocycles. The number of hydrogen-bond donors (Lipinski definition) is 3. The van der Waals surface area contributed by atoms with Gasteiger partial charge in [0.15, 0.2) is 0 Å². The Morgan fingerprint density at radius 3 is 3.05 bits per heavy atom. The molecule has 1 atom stereocenters. The van der Waals surface area contributed by atoms with Gasteiger partial charge in [-0.25, -0.2) is 10.8 Å². The number of nitrogens with zero attached hydrogens (tertiary/aromatic N) is 1. The number of nitrogen functional groups attached to an aromatic ring is 1. The summed E-state index contributed by atoms with van der Waals surface area (Å²) in [6.45, 7) is 3.41. The smallest absolute Gasteiger partial charge is 0.251 e. The maximum absolute atomic E-state index is 12.2. The zero-order valence-corrected chi connectivity index (χ0v) is 11.8. The van der Waals surface area contributed by atoms with E-state index in [1.54, 1.807) is 6.07 Å². The number of anilines is 1. The van der Waals surface area contributed by atoms with Gasteiger partial charge in [-0.3, -0.25) is 4.79 Å². The van der Waals surface area contributed by atoms with Crippen LogP contribution in [0.25, 0.3) is 0 Å². The van der Waals surface area contributed by atoms with Crippen LogP contribution in [0.15, 0.2) is 12.1 Å². The molecule has 1 amide bonds. The second kappa shape index (κ2) is 7.21. The molecule has 6 nitrogen and oxygen atoms in total.